The monoisotopic (exact) mass is 560 g/mol. The molecule has 16 heteroatoms. The van der Waals surface area contributed by atoms with Gasteiger partial charge in [-0.2, -0.15) is 16.8 Å². The maximum absolute atomic E-state index is 12.8. The molecular weight excluding hydrogens is 533 g/mol. The number of nitrogens with two attached hydrogens (primary N) is 2. The molecule has 0 atom stereocenters. The zero-order valence-electron chi connectivity index (χ0n) is 19.0. The van der Waals surface area contributed by atoms with Crippen LogP contribution in [-0.4, -0.2) is 59.6 Å². The van der Waals surface area contributed by atoms with E-state index in [1.54, 1.807) is 11.8 Å². The summed E-state index contributed by atoms with van der Waals surface area (Å²) in [4.78, 5) is 11.8. The van der Waals surface area contributed by atoms with E-state index in [0.29, 0.717) is 35.6 Å². The van der Waals surface area contributed by atoms with Crippen molar-refractivity contribution in [3.8, 4) is 0 Å². The molecule has 1 aliphatic rings. The van der Waals surface area contributed by atoms with Gasteiger partial charge in [0.25, 0.3) is 10.0 Å². The van der Waals surface area contributed by atoms with Crippen molar-refractivity contribution in [1.29, 1.82) is 0 Å². The SMILES string of the molecule is CN=C(NCCSCc1csc(N=C(N)N)n1)NS(=O)(=O)c1cccc(S(=O)(=O)NCC2CC2)c1. The lowest BCUT2D eigenvalue weighted by atomic mass is 10.4. The second-order valence-electron chi connectivity index (χ2n) is 7.59. The zero-order chi connectivity index (χ0) is 25.5. The molecule has 0 unspecified atom stereocenters. The average molecular weight is 561 g/mol. The Bertz CT molecular complexity index is 1280. The van der Waals surface area contributed by atoms with Crippen LogP contribution in [0.4, 0.5) is 5.13 Å². The minimum Gasteiger partial charge on any atom is -0.370 e. The predicted molar refractivity (Wildman–Crippen MR) is 140 cm³/mol. The molecule has 192 valence electrons. The second-order valence-corrected chi connectivity index (χ2v) is 13.0. The van der Waals surface area contributed by atoms with Crippen LogP contribution in [0.2, 0.25) is 0 Å². The van der Waals surface area contributed by atoms with Crippen molar-refractivity contribution in [3.05, 3.63) is 35.3 Å². The summed E-state index contributed by atoms with van der Waals surface area (Å²) in [6.07, 6.45) is 1.99. The van der Waals surface area contributed by atoms with Gasteiger partial charge < -0.3 is 16.8 Å². The largest absolute Gasteiger partial charge is 0.370 e. The van der Waals surface area contributed by atoms with Crippen LogP contribution in [0.3, 0.4) is 0 Å². The molecule has 3 rings (SSSR count). The van der Waals surface area contributed by atoms with E-state index in [1.807, 2.05) is 5.38 Å². The van der Waals surface area contributed by atoms with Gasteiger partial charge >= 0.3 is 0 Å². The van der Waals surface area contributed by atoms with Crippen molar-refractivity contribution >= 4 is 60.2 Å². The third-order valence-corrected chi connectivity index (χ3v) is 9.23. The highest BCUT2D eigenvalue weighted by atomic mass is 32.2. The molecule has 0 saturated heterocycles. The van der Waals surface area contributed by atoms with Gasteiger partial charge in [0.1, 0.15) is 0 Å². The summed E-state index contributed by atoms with van der Waals surface area (Å²) in [7, 11) is -6.40. The van der Waals surface area contributed by atoms with Crippen LogP contribution in [0.1, 0.15) is 18.5 Å². The Hall–Kier alpha value is -2.40. The fraction of sp³-hybridized carbons (Fsp3) is 0.421. The number of sulfonamides is 2. The summed E-state index contributed by atoms with van der Waals surface area (Å²) in [5, 5.41) is 5.29. The molecule has 1 aromatic carbocycles. The Labute approximate surface area is 213 Å². The van der Waals surface area contributed by atoms with E-state index < -0.39 is 20.0 Å². The van der Waals surface area contributed by atoms with E-state index in [4.69, 9.17) is 11.5 Å². The van der Waals surface area contributed by atoms with E-state index in [-0.39, 0.29) is 21.7 Å². The molecule has 7 N–H and O–H groups in total. The van der Waals surface area contributed by atoms with Crippen LogP contribution >= 0.6 is 23.1 Å². The molecule has 0 radical (unpaired) electrons. The number of guanidine groups is 2. The number of aromatic nitrogens is 1. The molecule has 2 aromatic rings. The van der Waals surface area contributed by atoms with Crippen molar-refractivity contribution < 1.29 is 16.8 Å². The third kappa shape index (κ3) is 8.64. The van der Waals surface area contributed by atoms with E-state index >= 15 is 0 Å². The number of aliphatic imine (C=N–C) groups is 2. The van der Waals surface area contributed by atoms with Crippen molar-refractivity contribution in [2.45, 2.75) is 28.4 Å². The zero-order valence-corrected chi connectivity index (χ0v) is 22.2. The average Bonchev–Trinajstić information content (AvgIpc) is 3.55. The van der Waals surface area contributed by atoms with Crippen molar-refractivity contribution in [2.24, 2.45) is 27.4 Å². The molecule has 0 amide bonds. The van der Waals surface area contributed by atoms with Crippen LogP contribution in [0, 0.1) is 5.92 Å². The molecule has 1 saturated carbocycles. The van der Waals surface area contributed by atoms with Crippen LogP contribution in [0.5, 0.6) is 0 Å². The van der Waals surface area contributed by atoms with Crippen molar-refractivity contribution in [3.63, 3.8) is 0 Å². The van der Waals surface area contributed by atoms with Crippen LogP contribution in [0.25, 0.3) is 0 Å². The Morgan fingerprint density at radius 1 is 1.20 bits per heavy atom. The van der Waals surface area contributed by atoms with Gasteiger partial charge in [-0.25, -0.2) is 31.3 Å². The number of nitrogens with one attached hydrogen (secondary N) is 3. The number of benzene rings is 1. The fourth-order valence-electron chi connectivity index (χ4n) is 2.73. The van der Waals surface area contributed by atoms with Crippen LogP contribution in [0.15, 0.2) is 49.4 Å². The van der Waals surface area contributed by atoms with Crippen molar-refractivity contribution in [1.82, 2.24) is 19.7 Å². The molecule has 0 bridgehead atoms. The highest BCUT2D eigenvalue weighted by molar-refractivity contribution is 7.98. The summed E-state index contributed by atoms with van der Waals surface area (Å²) in [5.41, 5.74) is 11.5. The number of thioether (sulfide) groups is 1. The number of hydrogen-bond donors (Lipinski definition) is 5. The van der Waals surface area contributed by atoms with Gasteiger partial charge in [-0.15, -0.1) is 11.3 Å². The van der Waals surface area contributed by atoms with Gasteiger partial charge in [-0.1, -0.05) is 6.07 Å². The number of rotatable bonds is 12. The van der Waals surface area contributed by atoms with Gasteiger partial charge in [-0.3, -0.25) is 4.99 Å². The van der Waals surface area contributed by atoms with Gasteiger partial charge in [0.2, 0.25) is 21.1 Å². The highest BCUT2D eigenvalue weighted by Crippen LogP contribution is 2.28. The first-order valence-corrected chi connectivity index (χ1v) is 15.5. The van der Waals surface area contributed by atoms with Gasteiger partial charge in [0.05, 0.1) is 15.5 Å². The minimum absolute atomic E-state index is 0.0461. The Morgan fingerprint density at radius 2 is 1.91 bits per heavy atom. The summed E-state index contributed by atoms with van der Waals surface area (Å²) in [6, 6.07) is 5.21. The van der Waals surface area contributed by atoms with E-state index in [9.17, 15) is 16.8 Å². The number of thiazole rings is 1. The fourth-order valence-corrected chi connectivity index (χ4v) is 6.60. The maximum Gasteiger partial charge on any atom is 0.264 e. The van der Waals surface area contributed by atoms with E-state index in [1.165, 1.54) is 36.6 Å². The summed E-state index contributed by atoms with van der Waals surface area (Å²) >= 11 is 2.92. The Morgan fingerprint density at radius 3 is 2.57 bits per heavy atom. The normalized spacial score (nSPS) is 14.5. The molecule has 35 heavy (non-hydrogen) atoms. The number of nitrogens with zero attached hydrogens (tertiary/aromatic N) is 3. The molecule has 12 nitrogen and oxygen atoms in total. The molecule has 0 spiro atoms. The topological polar surface area (TPSA) is 194 Å². The molecular formula is C19H28N8O4S4. The van der Waals surface area contributed by atoms with Gasteiger partial charge in [-0.05, 0) is 37.0 Å². The van der Waals surface area contributed by atoms with E-state index in [0.717, 1.165) is 24.6 Å². The van der Waals surface area contributed by atoms with Gasteiger partial charge in [0.15, 0.2) is 5.96 Å². The van der Waals surface area contributed by atoms with Crippen LogP contribution < -0.4 is 26.2 Å². The standard InChI is InChI=1S/C19H28N8O4S4/c1-22-18(23-7-8-32-11-14-12-33-19(25-14)26-17(20)21)27-35(30,31)16-4-2-3-15(9-16)34(28,29)24-10-13-5-6-13/h2-4,9,12-13,24H,5-8,10-11H2,1H3,(H2,22,23,27)(H4,20,21,25,26). The molecule has 1 aromatic heterocycles. The lowest BCUT2D eigenvalue weighted by Gasteiger charge is -2.13. The summed E-state index contributed by atoms with van der Waals surface area (Å²) < 4.78 is 55.5. The first-order valence-electron chi connectivity index (χ1n) is 10.5. The lowest BCUT2D eigenvalue weighted by molar-refractivity contribution is 0.577. The van der Waals surface area contributed by atoms with Gasteiger partial charge in [0, 0.05) is 37.0 Å². The second kappa shape index (κ2) is 12.0. The quantitative estimate of drug-likeness (QED) is 0.140. The van der Waals surface area contributed by atoms with Crippen molar-refractivity contribution in [2.75, 3.05) is 25.9 Å². The Kier molecular flexibility index (Phi) is 9.34. The van der Waals surface area contributed by atoms with Crippen LogP contribution in [-0.2, 0) is 25.8 Å². The first kappa shape index (κ1) is 27.2. The minimum atomic E-state index is -4.05. The van der Waals surface area contributed by atoms with E-state index in [2.05, 4.69) is 29.7 Å². The Balaban J connectivity index is 1.50. The molecule has 1 aliphatic carbocycles. The number of hydrogen-bond acceptors (Lipinski definition) is 9. The predicted octanol–water partition coefficient (Wildman–Crippen LogP) is 0.523. The molecule has 0 aliphatic heterocycles. The maximum atomic E-state index is 12.8. The summed E-state index contributed by atoms with van der Waals surface area (Å²) in [5.74, 6) is 1.65. The lowest BCUT2D eigenvalue weighted by Crippen LogP contribution is -2.41. The molecule has 1 fully saturated rings. The smallest absolute Gasteiger partial charge is 0.264 e. The highest BCUT2D eigenvalue weighted by Gasteiger charge is 2.25. The summed E-state index contributed by atoms with van der Waals surface area (Å²) in [6.45, 7) is 0.788. The molecule has 1 heterocycles. The first-order chi connectivity index (χ1) is 16.6. The third-order valence-electron chi connectivity index (χ3n) is 4.69.